The zero-order valence-corrected chi connectivity index (χ0v) is 15.7. The Hall–Kier alpha value is -3.75. The summed E-state index contributed by atoms with van der Waals surface area (Å²) in [6.45, 7) is -0.390. The number of benzene rings is 2. The lowest BCUT2D eigenvalue weighted by Crippen LogP contribution is -2.18. The highest BCUT2D eigenvalue weighted by Gasteiger charge is 2.10. The van der Waals surface area contributed by atoms with Gasteiger partial charge in [-0.3, -0.25) is 9.59 Å². The molecule has 28 heavy (non-hydrogen) atoms. The molecule has 0 fully saturated rings. The predicted octanol–water partition coefficient (Wildman–Crippen LogP) is 2.29. The van der Waals surface area contributed by atoms with Gasteiger partial charge in [-0.25, -0.2) is 0 Å². The molecule has 0 saturated carbocycles. The van der Waals surface area contributed by atoms with E-state index in [0.29, 0.717) is 28.6 Å². The van der Waals surface area contributed by atoms with Gasteiger partial charge in [0, 0.05) is 6.07 Å². The lowest BCUT2D eigenvalue weighted by atomic mass is 10.2. The molecule has 0 radical (unpaired) electrons. The van der Waals surface area contributed by atoms with Gasteiger partial charge in [0.1, 0.15) is 23.5 Å². The van der Waals surface area contributed by atoms with Crippen molar-refractivity contribution in [2.75, 3.05) is 38.6 Å². The van der Waals surface area contributed by atoms with E-state index in [1.54, 1.807) is 42.5 Å². The molecule has 2 aromatic rings. The van der Waals surface area contributed by atoms with Crippen molar-refractivity contribution >= 4 is 29.4 Å². The Labute approximate surface area is 162 Å². The molecule has 2 aromatic carbocycles. The molecule has 0 aliphatic heterocycles. The molecular formula is C19H21N3O6. The van der Waals surface area contributed by atoms with E-state index in [0.717, 1.165) is 6.21 Å². The van der Waals surface area contributed by atoms with Crippen LogP contribution in [0.15, 0.2) is 47.6 Å². The quantitative estimate of drug-likeness (QED) is 0.505. The number of rotatable bonds is 9. The minimum absolute atomic E-state index is 0.390. The SMILES string of the molecule is COc1ccc(OC)c(NC(=O)CON=CC(=O)Nc2ccccc2OC)c1. The minimum Gasteiger partial charge on any atom is -0.497 e. The summed E-state index contributed by atoms with van der Waals surface area (Å²) in [5.74, 6) is 0.530. The fraction of sp³-hybridized carbons (Fsp3) is 0.211. The van der Waals surface area contributed by atoms with Crippen molar-refractivity contribution in [3.8, 4) is 17.2 Å². The van der Waals surface area contributed by atoms with Crippen LogP contribution in [-0.4, -0.2) is 46.0 Å². The Balaban J connectivity index is 1.84. The van der Waals surface area contributed by atoms with Crippen molar-refractivity contribution in [3.63, 3.8) is 0 Å². The van der Waals surface area contributed by atoms with Gasteiger partial charge in [0.05, 0.1) is 32.7 Å². The first-order valence-electron chi connectivity index (χ1n) is 8.18. The van der Waals surface area contributed by atoms with E-state index >= 15 is 0 Å². The molecule has 0 heterocycles. The van der Waals surface area contributed by atoms with Crippen LogP contribution in [0.1, 0.15) is 0 Å². The van der Waals surface area contributed by atoms with Crippen LogP contribution >= 0.6 is 0 Å². The molecular weight excluding hydrogens is 366 g/mol. The monoisotopic (exact) mass is 387 g/mol. The number of carbonyl (C=O) groups excluding carboxylic acids is 2. The van der Waals surface area contributed by atoms with Gasteiger partial charge in [0.2, 0.25) is 0 Å². The highest BCUT2D eigenvalue weighted by Crippen LogP contribution is 2.28. The molecule has 0 aromatic heterocycles. The zero-order chi connectivity index (χ0) is 20.4. The average molecular weight is 387 g/mol. The fourth-order valence-electron chi connectivity index (χ4n) is 2.19. The number of hydrogen-bond acceptors (Lipinski definition) is 7. The summed E-state index contributed by atoms with van der Waals surface area (Å²) < 4.78 is 15.4. The van der Waals surface area contributed by atoms with E-state index in [1.165, 1.54) is 21.3 Å². The second-order valence-corrected chi connectivity index (χ2v) is 5.31. The second-order valence-electron chi connectivity index (χ2n) is 5.31. The normalized spacial score (nSPS) is 10.2. The number of oxime groups is 1. The maximum atomic E-state index is 12.0. The highest BCUT2D eigenvalue weighted by molar-refractivity contribution is 6.31. The van der Waals surface area contributed by atoms with Crippen molar-refractivity contribution in [1.29, 1.82) is 0 Å². The molecule has 0 bridgehead atoms. The van der Waals surface area contributed by atoms with Crippen molar-refractivity contribution in [3.05, 3.63) is 42.5 Å². The van der Waals surface area contributed by atoms with Crippen molar-refractivity contribution in [2.45, 2.75) is 0 Å². The molecule has 0 unspecified atom stereocenters. The van der Waals surface area contributed by atoms with Gasteiger partial charge in [0.25, 0.3) is 11.8 Å². The standard InChI is InChI=1S/C19H21N3O6/c1-25-13-8-9-17(27-3)15(10-13)22-19(24)12-28-20-11-18(23)21-14-6-4-5-7-16(14)26-2/h4-11H,12H2,1-3H3,(H,21,23)(H,22,24). The number of para-hydroxylation sites is 2. The third-order valence-corrected chi connectivity index (χ3v) is 3.49. The Bertz CT molecular complexity index is 853. The van der Waals surface area contributed by atoms with Crippen LogP contribution in [0.25, 0.3) is 0 Å². The van der Waals surface area contributed by atoms with Crippen molar-refractivity contribution < 1.29 is 28.6 Å². The first-order valence-corrected chi connectivity index (χ1v) is 8.18. The number of carbonyl (C=O) groups is 2. The molecule has 2 amide bonds. The third-order valence-electron chi connectivity index (χ3n) is 3.49. The molecule has 148 valence electrons. The summed E-state index contributed by atoms with van der Waals surface area (Å²) in [6, 6.07) is 11.9. The minimum atomic E-state index is -0.528. The van der Waals surface area contributed by atoms with Crippen LogP contribution in [0.4, 0.5) is 11.4 Å². The summed E-state index contributed by atoms with van der Waals surface area (Å²) in [4.78, 5) is 28.7. The third kappa shape index (κ3) is 5.90. The van der Waals surface area contributed by atoms with Gasteiger partial charge in [-0.05, 0) is 24.3 Å². The highest BCUT2D eigenvalue weighted by atomic mass is 16.6. The zero-order valence-electron chi connectivity index (χ0n) is 15.7. The lowest BCUT2D eigenvalue weighted by Gasteiger charge is -2.11. The second kappa shape index (κ2) is 10.4. The molecule has 0 atom stereocenters. The van der Waals surface area contributed by atoms with Gasteiger partial charge < -0.3 is 29.7 Å². The topological polar surface area (TPSA) is 107 Å². The first kappa shape index (κ1) is 20.6. The molecule has 2 N–H and O–H groups in total. The Kier molecular flexibility index (Phi) is 7.64. The molecule has 2 rings (SSSR count). The maximum Gasteiger partial charge on any atom is 0.270 e. The van der Waals surface area contributed by atoms with E-state index in [-0.39, 0.29) is 0 Å². The number of nitrogens with zero attached hydrogens (tertiary/aromatic N) is 1. The van der Waals surface area contributed by atoms with Gasteiger partial charge in [0.15, 0.2) is 6.61 Å². The average Bonchev–Trinajstić information content (AvgIpc) is 2.71. The van der Waals surface area contributed by atoms with E-state index in [9.17, 15) is 9.59 Å². The van der Waals surface area contributed by atoms with Crippen molar-refractivity contribution in [2.24, 2.45) is 5.16 Å². The number of ether oxygens (including phenoxy) is 3. The Morgan fingerprint density at radius 3 is 2.36 bits per heavy atom. The smallest absolute Gasteiger partial charge is 0.270 e. The molecule has 0 aliphatic rings. The lowest BCUT2D eigenvalue weighted by molar-refractivity contribution is -0.120. The summed E-state index contributed by atoms with van der Waals surface area (Å²) in [6.07, 6.45) is 0.922. The van der Waals surface area contributed by atoms with Crippen LogP contribution in [0.5, 0.6) is 17.2 Å². The van der Waals surface area contributed by atoms with Crippen LogP contribution in [0.3, 0.4) is 0 Å². The number of nitrogens with one attached hydrogen (secondary N) is 2. The summed E-state index contributed by atoms with van der Waals surface area (Å²) in [5, 5.41) is 8.70. The molecule has 9 heteroatoms. The van der Waals surface area contributed by atoms with E-state index in [2.05, 4.69) is 15.8 Å². The Morgan fingerprint density at radius 2 is 1.64 bits per heavy atom. The number of amides is 2. The summed E-state index contributed by atoms with van der Waals surface area (Å²) in [7, 11) is 4.50. The largest absolute Gasteiger partial charge is 0.497 e. The fourth-order valence-corrected chi connectivity index (χ4v) is 2.19. The summed E-state index contributed by atoms with van der Waals surface area (Å²) in [5.41, 5.74) is 0.914. The van der Waals surface area contributed by atoms with Gasteiger partial charge in [-0.1, -0.05) is 17.3 Å². The van der Waals surface area contributed by atoms with Crippen molar-refractivity contribution in [1.82, 2.24) is 0 Å². The molecule has 0 saturated heterocycles. The molecule has 0 spiro atoms. The van der Waals surface area contributed by atoms with E-state index in [1.807, 2.05) is 0 Å². The number of anilines is 2. The Morgan fingerprint density at radius 1 is 0.929 bits per heavy atom. The maximum absolute atomic E-state index is 12.0. The number of methoxy groups -OCH3 is 3. The van der Waals surface area contributed by atoms with Gasteiger partial charge in [-0.2, -0.15) is 0 Å². The molecule has 0 aliphatic carbocycles. The number of hydrogen-bond donors (Lipinski definition) is 2. The van der Waals surface area contributed by atoms with E-state index < -0.39 is 18.4 Å². The predicted molar refractivity (Wildman–Crippen MR) is 104 cm³/mol. The van der Waals surface area contributed by atoms with Crippen LogP contribution < -0.4 is 24.8 Å². The van der Waals surface area contributed by atoms with Crippen LogP contribution in [0, 0.1) is 0 Å². The van der Waals surface area contributed by atoms with Gasteiger partial charge in [-0.15, -0.1) is 0 Å². The van der Waals surface area contributed by atoms with E-state index in [4.69, 9.17) is 19.0 Å². The van der Waals surface area contributed by atoms with Crippen LogP contribution in [0.2, 0.25) is 0 Å². The van der Waals surface area contributed by atoms with Crippen LogP contribution in [-0.2, 0) is 14.4 Å². The summed E-state index contributed by atoms with van der Waals surface area (Å²) >= 11 is 0. The first-order chi connectivity index (χ1) is 13.6. The van der Waals surface area contributed by atoms with Gasteiger partial charge >= 0.3 is 0 Å². The molecule has 9 nitrogen and oxygen atoms in total.